The van der Waals surface area contributed by atoms with Crippen LogP contribution in [0.2, 0.25) is 0 Å². The highest BCUT2D eigenvalue weighted by molar-refractivity contribution is 6.44. The summed E-state index contributed by atoms with van der Waals surface area (Å²) in [7, 11) is 1.41. The highest BCUT2D eigenvalue weighted by Gasteiger charge is 2.01. The van der Waals surface area contributed by atoms with Crippen LogP contribution in [0.15, 0.2) is 24.3 Å². The average Bonchev–Trinajstić information content (AvgIpc) is 2.37. The zero-order valence-electron chi connectivity index (χ0n) is 10.3. The van der Waals surface area contributed by atoms with Gasteiger partial charge in [0.15, 0.2) is 0 Å². The van der Waals surface area contributed by atoms with Gasteiger partial charge in [-0.15, -0.1) is 23.2 Å². The van der Waals surface area contributed by atoms with Crippen molar-refractivity contribution in [2.45, 2.75) is 24.1 Å². The number of alkyl halides is 2. The molecule has 5 heteroatoms. The summed E-state index contributed by atoms with van der Waals surface area (Å²) in [6, 6.07) is 8.00. The summed E-state index contributed by atoms with van der Waals surface area (Å²) >= 11 is 11.3. The Hall–Kier alpha value is -0.930. The SMILES string of the molecule is COC(=O)CCCc1ccc(NCC(Cl)Cl)cc1. The number of aryl methyl sites for hydroxylation is 1. The molecule has 0 bridgehead atoms. The van der Waals surface area contributed by atoms with Crippen molar-refractivity contribution in [3.8, 4) is 0 Å². The number of hydrogen-bond donors (Lipinski definition) is 1. The second-order valence-electron chi connectivity index (χ2n) is 3.90. The van der Waals surface area contributed by atoms with Gasteiger partial charge in [-0.3, -0.25) is 4.79 Å². The highest BCUT2D eigenvalue weighted by atomic mass is 35.5. The van der Waals surface area contributed by atoms with E-state index in [1.807, 2.05) is 24.3 Å². The Kier molecular flexibility index (Phi) is 6.91. The van der Waals surface area contributed by atoms with E-state index in [4.69, 9.17) is 23.2 Å². The fourth-order valence-electron chi connectivity index (χ4n) is 1.52. The summed E-state index contributed by atoms with van der Waals surface area (Å²) in [4.78, 5) is 10.5. The van der Waals surface area contributed by atoms with Gasteiger partial charge in [-0.2, -0.15) is 0 Å². The summed E-state index contributed by atoms with van der Waals surface area (Å²) < 4.78 is 4.59. The summed E-state index contributed by atoms with van der Waals surface area (Å²) in [5.74, 6) is -0.163. The van der Waals surface area contributed by atoms with Crippen LogP contribution in [0.5, 0.6) is 0 Å². The maximum absolute atomic E-state index is 10.9. The predicted octanol–water partition coefficient (Wildman–Crippen LogP) is 3.40. The van der Waals surface area contributed by atoms with Crippen LogP contribution in [0.1, 0.15) is 18.4 Å². The number of carbonyl (C=O) groups is 1. The number of anilines is 1. The molecule has 1 aromatic rings. The molecule has 3 nitrogen and oxygen atoms in total. The van der Waals surface area contributed by atoms with Crippen LogP contribution in [0.4, 0.5) is 5.69 Å². The van der Waals surface area contributed by atoms with Gasteiger partial charge in [0.2, 0.25) is 0 Å². The Morgan fingerprint density at radius 1 is 1.33 bits per heavy atom. The molecule has 0 spiro atoms. The quantitative estimate of drug-likeness (QED) is 0.618. The van der Waals surface area contributed by atoms with Crippen molar-refractivity contribution in [1.82, 2.24) is 0 Å². The monoisotopic (exact) mass is 289 g/mol. The Balaban J connectivity index is 2.33. The van der Waals surface area contributed by atoms with E-state index in [0.29, 0.717) is 13.0 Å². The van der Waals surface area contributed by atoms with E-state index in [0.717, 1.165) is 18.5 Å². The number of carbonyl (C=O) groups excluding carboxylic acids is 1. The van der Waals surface area contributed by atoms with Gasteiger partial charge < -0.3 is 10.1 Å². The maximum atomic E-state index is 10.9. The van der Waals surface area contributed by atoms with Gasteiger partial charge in [-0.05, 0) is 30.5 Å². The molecule has 100 valence electrons. The minimum atomic E-state index is -0.412. The number of halogens is 2. The topological polar surface area (TPSA) is 38.3 Å². The fraction of sp³-hybridized carbons (Fsp3) is 0.462. The smallest absolute Gasteiger partial charge is 0.305 e. The fourth-order valence-corrected chi connectivity index (χ4v) is 1.68. The van der Waals surface area contributed by atoms with E-state index in [1.54, 1.807) is 0 Å². The highest BCUT2D eigenvalue weighted by Crippen LogP contribution is 2.13. The van der Waals surface area contributed by atoms with Crippen LogP contribution in [-0.2, 0) is 16.0 Å². The standard InChI is InChI=1S/C13H17Cl2NO2/c1-18-13(17)4-2-3-10-5-7-11(8-6-10)16-9-12(14)15/h5-8,12,16H,2-4,9H2,1H3. The molecule has 0 radical (unpaired) electrons. The van der Waals surface area contributed by atoms with Gasteiger partial charge in [0.1, 0.15) is 4.84 Å². The Labute approximate surface area is 117 Å². The summed E-state index contributed by atoms with van der Waals surface area (Å²) in [6.45, 7) is 0.519. The number of esters is 1. The summed E-state index contributed by atoms with van der Waals surface area (Å²) in [6.07, 6.45) is 2.12. The molecule has 0 aliphatic rings. The predicted molar refractivity (Wildman–Crippen MR) is 75.4 cm³/mol. The van der Waals surface area contributed by atoms with E-state index in [-0.39, 0.29) is 5.97 Å². The first kappa shape index (κ1) is 15.1. The lowest BCUT2D eigenvalue weighted by Crippen LogP contribution is -2.08. The van der Waals surface area contributed by atoms with E-state index >= 15 is 0 Å². The van der Waals surface area contributed by atoms with E-state index < -0.39 is 4.84 Å². The molecule has 0 unspecified atom stereocenters. The first-order valence-electron chi connectivity index (χ1n) is 5.79. The lowest BCUT2D eigenvalue weighted by atomic mass is 10.1. The van der Waals surface area contributed by atoms with Gasteiger partial charge in [0.25, 0.3) is 0 Å². The molecule has 0 atom stereocenters. The van der Waals surface area contributed by atoms with Crippen LogP contribution in [0.25, 0.3) is 0 Å². The first-order valence-corrected chi connectivity index (χ1v) is 6.67. The molecule has 18 heavy (non-hydrogen) atoms. The third kappa shape index (κ3) is 6.12. The molecule has 1 N–H and O–H groups in total. The van der Waals surface area contributed by atoms with Crippen molar-refractivity contribution in [3.05, 3.63) is 29.8 Å². The van der Waals surface area contributed by atoms with E-state index in [1.165, 1.54) is 12.7 Å². The number of hydrogen-bond acceptors (Lipinski definition) is 3. The lowest BCUT2D eigenvalue weighted by Gasteiger charge is -2.07. The van der Waals surface area contributed by atoms with Crippen LogP contribution in [0.3, 0.4) is 0 Å². The zero-order chi connectivity index (χ0) is 13.4. The van der Waals surface area contributed by atoms with Gasteiger partial charge in [-0.1, -0.05) is 12.1 Å². The van der Waals surface area contributed by atoms with Crippen molar-refractivity contribution >= 4 is 34.9 Å². The van der Waals surface area contributed by atoms with Crippen LogP contribution < -0.4 is 5.32 Å². The zero-order valence-corrected chi connectivity index (χ0v) is 11.8. The van der Waals surface area contributed by atoms with Crippen LogP contribution in [-0.4, -0.2) is 24.5 Å². The second kappa shape index (κ2) is 8.22. The molecular formula is C13H17Cl2NO2. The normalized spacial score (nSPS) is 10.4. The Morgan fingerprint density at radius 2 is 2.00 bits per heavy atom. The number of nitrogens with one attached hydrogen (secondary N) is 1. The molecule has 0 aliphatic carbocycles. The Bertz CT molecular complexity index is 366. The largest absolute Gasteiger partial charge is 0.469 e. The molecule has 0 aromatic heterocycles. The summed E-state index contributed by atoms with van der Waals surface area (Å²) in [5.41, 5.74) is 2.18. The third-order valence-electron chi connectivity index (χ3n) is 2.49. The van der Waals surface area contributed by atoms with Crippen LogP contribution in [0, 0.1) is 0 Å². The van der Waals surface area contributed by atoms with Crippen molar-refractivity contribution < 1.29 is 9.53 Å². The third-order valence-corrected chi connectivity index (χ3v) is 2.80. The van der Waals surface area contributed by atoms with Crippen molar-refractivity contribution in [2.75, 3.05) is 19.0 Å². The first-order chi connectivity index (χ1) is 8.61. The van der Waals surface area contributed by atoms with E-state index in [9.17, 15) is 4.79 Å². The lowest BCUT2D eigenvalue weighted by molar-refractivity contribution is -0.140. The molecule has 0 amide bonds. The van der Waals surface area contributed by atoms with Gasteiger partial charge in [0.05, 0.1) is 7.11 Å². The maximum Gasteiger partial charge on any atom is 0.305 e. The van der Waals surface area contributed by atoms with E-state index in [2.05, 4.69) is 10.1 Å². The number of rotatable bonds is 7. The average molecular weight is 290 g/mol. The van der Waals surface area contributed by atoms with Crippen molar-refractivity contribution in [2.24, 2.45) is 0 Å². The Morgan fingerprint density at radius 3 is 2.56 bits per heavy atom. The van der Waals surface area contributed by atoms with Crippen molar-refractivity contribution in [3.63, 3.8) is 0 Å². The molecule has 0 heterocycles. The molecular weight excluding hydrogens is 273 g/mol. The second-order valence-corrected chi connectivity index (χ2v) is 5.18. The van der Waals surface area contributed by atoms with Crippen molar-refractivity contribution in [1.29, 1.82) is 0 Å². The van der Waals surface area contributed by atoms with Gasteiger partial charge in [-0.25, -0.2) is 0 Å². The number of benzene rings is 1. The van der Waals surface area contributed by atoms with Gasteiger partial charge in [0, 0.05) is 18.7 Å². The van der Waals surface area contributed by atoms with Gasteiger partial charge >= 0.3 is 5.97 Å². The minimum absolute atomic E-state index is 0.163. The molecule has 0 saturated carbocycles. The number of methoxy groups -OCH3 is 1. The molecule has 0 fully saturated rings. The molecule has 1 rings (SSSR count). The molecule has 0 saturated heterocycles. The van der Waals surface area contributed by atoms with Crippen LogP contribution >= 0.6 is 23.2 Å². The number of ether oxygens (including phenoxy) is 1. The molecule has 0 aliphatic heterocycles. The minimum Gasteiger partial charge on any atom is -0.469 e. The molecule has 1 aromatic carbocycles. The summed E-state index contributed by atoms with van der Waals surface area (Å²) in [5, 5.41) is 3.12.